The molecular weight excluding hydrogens is 309 g/mol. The molecule has 6 heteroatoms. The van der Waals surface area contributed by atoms with Gasteiger partial charge in [-0.3, -0.25) is 0 Å². The summed E-state index contributed by atoms with van der Waals surface area (Å²) in [7, 11) is 1.99. The highest BCUT2D eigenvalue weighted by atomic mass is 35.5. The van der Waals surface area contributed by atoms with Crippen molar-refractivity contribution in [1.82, 2.24) is 14.8 Å². The first-order valence-electron chi connectivity index (χ1n) is 7.12. The van der Waals surface area contributed by atoms with Crippen molar-refractivity contribution in [3.05, 3.63) is 40.4 Å². The Morgan fingerprint density at radius 2 is 2.10 bits per heavy atom. The first kappa shape index (κ1) is 14.9. The molecule has 112 valence electrons. The zero-order chi connectivity index (χ0) is 14.8. The fourth-order valence-electron chi connectivity index (χ4n) is 2.80. The molecule has 3 nitrogen and oxygen atoms in total. The topological polar surface area (TPSA) is 30.7 Å². The molecule has 1 saturated carbocycles. The maximum atomic E-state index is 13.8. The van der Waals surface area contributed by atoms with Crippen LogP contribution >= 0.6 is 23.4 Å². The normalized spacial score (nSPS) is 15.8. The van der Waals surface area contributed by atoms with Crippen molar-refractivity contribution in [2.45, 2.75) is 42.5 Å². The number of hydrogen-bond donors (Lipinski definition) is 0. The van der Waals surface area contributed by atoms with Crippen molar-refractivity contribution < 1.29 is 4.39 Å². The fraction of sp³-hybridized carbons (Fsp3) is 0.467. The van der Waals surface area contributed by atoms with Crippen LogP contribution in [0.5, 0.6) is 0 Å². The van der Waals surface area contributed by atoms with Gasteiger partial charge in [-0.1, -0.05) is 42.3 Å². The summed E-state index contributed by atoms with van der Waals surface area (Å²) in [6.07, 6.45) is 4.92. The molecule has 1 heterocycles. The summed E-state index contributed by atoms with van der Waals surface area (Å²) in [4.78, 5) is 0. The molecule has 21 heavy (non-hydrogen) atoms. The number of nitrogens with zero attached hydrogens (tertiary/aromatic N) is 3. The third-order valence-corrected chi connectivity index (χ3v) is 5.40. The van der Waals surface area contributed by atoms with E-state index < -0.39 is 0 Å². The Bertz CT molecular complexity index is 618. The molecule has 1 fully saturated rings. The highest BCUT2D eigenvalue weighted by molar-refractivity contribution is 7.98. The summed E-state index contributed by atoms with van der Waals surface area (Å²) in [5.41, 5.74) is 0.523. The van der Waals surface area contributed by atoms with Gasteiger partial charge in [0.05, 0.1) is 0 Å². The molecule has 2 aromatic rings. The van der Waals surface area contributed by atoms with Gasteiger partial charge in [-0.2, -0.15) is 0 Å². The Balaban J connectivity index is 1.74. The van der Waals surface area contributed by atoms with E-state index in [0.29, 0.717) is 22.3 Å². The van der Waals surface area contributed by atoms with Crippen LogP contribution in [0, 0.1) is 5.82 Å². The van der Waals surface area contributed by atoms with Gasteiger partial charge in [0.15, 0.2) is 5.16 Å². The maximum absolute atomic E-state index is 13.8. The molecule has 3 rings (SSSR count). The molecule has 1 aromatic heterocycles. The van der Waals surface area contributed by atoms with Crippen molar-refractivity contribution in [3.63, 3.8) is 0 Å². The summed E-state index contributed by atoms with van der Waals surface area (Å²) >= 11 is 7.52. The third kappa shape index (κ3) is 3.09. The third-order valence-electron chi connectivity index (χ3n) is 4.00. The lowest BCUT2D eigenvalue weighted by molar-refractivity contribution is 0.614. The minimum Gasteiger partial charge on any atom is -0.309 e. The molecule has 0 unspecified atom stereocenters. The zero-order valence-electron chi connectivity index (χ0n) is 11.9. The Morgan fingerprint density at radius 3 is 2.81 bits per heavy atom. The van der Waals surface area contributed by atoms with E-state index in [9.17, 15) is 4.39 Å². The van der Waals surface area contributed by atoms with Crippen molar-refractivity contribution in [2.75, 3.05) is 0 Å². The fourth-order valence-corrected chi connectivity index (χ4v) is 4.06. The van der Waals surface area contributed by atoms with Crippen LogP contribution in [0.1, 0.15) is 43.0 Å². The summed E-state index contributed by atoms with van der Waals surface area (Å²) in [5.74, 6) is 1.76. The molecule has 1 aliphatic rings. The quantitative estimate of drug-likeness (QED) is 0.772. The molecule has 0 bridgehead atoms. The maximum Gasteiger partial charge on any atom is 0.191 e. The molecule has 0 saturated heterocycles. The second-order valence-electron chi connectivity index (χ2n) is 5.37. The Morgan fingerprint density at radius 1 is 1.33 bits per heavy atom. The highest BCUT2D eigenvalue weighted by Gasteiger charge is 2.23. The SMILES string of the molecule is Cn1c(SCc2c(F)cccc2Cl)nnc1C1CCCC1. The number of hydrogen-bond acceptors (Lipinski definition) is 3. The van der Waals surface area contributed by atoms with Crippen LogP contribution < -0.4 is 0 Å². The molecule has 0 radical (unpaired) electrons. The van der Waals surface area contributed by atoms with Crippen molar-refractivity contribution in [1.29, 1.82) is 0 Å². The number of benzene rings is 1. The first-order valence-corrected chi connectivity index (χ1v) is 8.48. The van der Waals surface area contributed by atoms with Crippen LogP contribution in [0.4, 0.5) is 4.39 Å². The largest absolute Gasteiger partial charge is 0.309 e. The van der Waals surface area contributed by atoms with Crippen LogP contribution in [-0.2, 0) is 12.8 Å². The van der Waals surface area contributed by atoms with Crippen LogP contribution in [0.15, 0.2) is 23.4 Å². The molecule has 0 amide bonds. The second kappa shape index (κ2) is 6.36. The molecule has 0 atom stereocenters. The van der Waals surface area contributed by atoms with E-state index in [-0.39, 0.29) is 5.82 Å². The molecule has 0 N–H and O–H groups in total. The van der Waals surface area contributed by atoms with Crippen LogP contribution in [0.2, 0.25) is 5.02 Å². The van der Waals surface area contributed by atoms with E-state index in [1.54, 1.807) is 12.1 Å². The van der Waals surface area contributed by atoms with Gasteiger partial charge in [0.25, 0.3) is 0 Å². The average molecular weight is 326 g/mol. The van der Waals surface area contributed by atoms with E-state index in [2.05, 4.69) is 10.2 Å². The molecular formula is C15H17ClFN3S. The number of rotatable bonds is 4. The molecule has 1 aromatic carbocycles. The van der Waals surface area contributed by atoms with Crippen molar-refractivity contribution in [2.24, 2.45) is 7.05 Å². The standard InChI is InChI=1S/C15H17ClFN3S/c1-20-14(10-5-2-3-6-10)18-19-15(20)21-9-11-12(16)7-4-8-13(11)17/h4,7-8,10H,2-3,5-6,9H2,1H3. The average Bonchev–Trinajstić information content (AvgIpc) is 3.08. The lowest BCUT2D eigenvalue weighted by Gasteiger charge is -2.09. The number of halogens is 2. The molecule has 0 aliphatic heterocycles. The zero-order valence-corrected chi connectivity index (χ0v) is 13.4. The minimum absolute atomic E-state index is 0.270. The smallest absolute Gasteiger partial charge is 0.191 e. The minimum atomic E-state index is -0.270. The Hall–Kier alpha value is -1.07. The van der Waals surface area contributed by atoms with Crippen LogP contribution in [-0.4, -0.2) is 14.8 Å². The first-order chi connectivity index (χ1) is 10.2. The summed E-state index contributed by atoms with van der Waals surface area (Å²) in [5, 5.41) is 9.84. The van der Waals surface area contributed by atoms with Crippen molar-refractivity contribution >= 4 is 23.4 Å². The van der Waals surface area contributed by atoms with Gasteiger partial charge in [-0.05, 0) is 25.0 Å². The summed E-state index contributed by atoms with van der Waals surface area (Å²) < 4.78 is 15.8. The predicted octanol–water partition coefficient (Wildman–Crippen LogP) is 4.56. The van der Waals surface area contributed by atoms with Gasteiger partial charge in [0.2, 0.25) is 0 Å². The van der Waals surface area contributed by atoms with Crippen LogP contribution in [0.25, 0.3) is 0 Å². The van der Waals surface area contributed by atoms with Gasteiger partial charge < -0.3 is 4.57 Å². The van der Waals surface area contributed by atoms with E-state index in [4.69, 9.17) is 11.6 Å². The summed E-state index contributed by atoms with van der Waals surface area (Å²) in [6, 6.07) is 4.76. The number of aromatic nitrogens is 3. The lowest BCUT2D eigenvalue weighted by Crippen LogP contribution is -2.03. The van der Waals surface area contributed by atoms with Crippen LogP contribution in [0.3, 0.4) is 0 Å². The molecule has 0 spiro atoms. The van der Waals surface area contributed by atoms with E-state index in [1.807, 2.05) is 11.6 Å². The predicted molar refractivity (Wildman–Crippen MR) is 83.2 cm³/mol. The number of thioether (sulfide) groups is 1. The second-order valence-corrected chi connectivity index (χ2v) is 6.72. The van der Waals surface area contributed by atoms with Gasteiger partial charge >= 0.3 is 0 Å². The monoisotopic (exact) mass is 325 g/mol. The van der Waals surface area contributed by atoms with Gasteiger partial charge in [-0.25, -0.2) is 4.39 Å². The van der Waals surface area contributed by atoms with Crippen molar-refractivity contribution in [3.8, 4) is 0 Å². The summed E-state index contributed by atoms with van der Waals surface area (Å²) in [6.45, 7) is 0. The lowest BCUT2D eigenvalue weighted by atomic mass is 10.1. The van der Waals surface area contributed by atoms with Gasteiger partial charge in [0.1, 0.15) is 11.6 Å². The van der Waals surface area contributed by atoms with Gasteiger partial charge in [0, 0.05) is 29.3 Å². The van der Waals surface area contributed by atoms with E-state index >= 15 is 0 Å². The van der Waals surface area contributed by atoms with E-state index in [1.165, 1.54) is 43.5 Å². The Kier molecular flexibility index (Phi) is 4.50. The Labute approximate surface area is 132 Å². The van der Waals surface area contributed by atoms with Gasteiger partial charge in [-0.15, -0.1) is 10.2 Å². The van der Waals surface area contributed by atoms with E-state index in [0.717, 1.165) is 11.0 Å². The highest BCUT2D eigenvalue weighted by Crippen LogP contribution is 2.34. The molecule has 1 aliphatic carbocycles.